The average Bonchev–Trinajstić information content (AvgIpc) is 2.82. The summed E-state index contributed by atoms with van der Waals surface area (Å²) in [4.78, 5) is 0. The van der Waals surface area contributed by atoms with E-state index in [0.717, 1.165) is 41.5 Å². The van der Waals surface area contributed by atoms with Crippen LogP contribution in [0.15, 0.2) is 36.4 Å². The molecule has 4 unspecified atom stereocenters. The quantitative estimate of drug-likeness (QED) is 0.262. The monoisotopic (exact) mass is 452 g/mol. The van der Waals surface area contributed by atoms with Gasteiger partial charge in [0.1, 0.15) is 11.6 Å². The highest BCUT2D eigenvalue weighted by Crippen LogP contribution is 2.49. The van der Waals surface area contributed by atoms with Gasteiger partial charge in [-0.1, -0.05) is 75.8 Å². The van der Waals surface area contributed by atoms with Gasteiger partial charge in [-0.3, -0.25) is 0 Å². The summed E-state index contributed by atoms with van der Waals surface area (Å²) in [7, 11) is 0. The maximum absolute atomic E-state index is 15.1. The molecular formula is C31H42F2. The minimum atomic E-state index is -0.384. The first-order valence-electron chi connectivity index (χ1n) is 13.6. The topological polar surface area (TPSA) is 0 Å². The molecule has 4 rings (SSSR count). The predicted octanol–water partition coefficient (Wildman–Crippen LogP) is 9.90. The van der Waals surface area contributed by atoms with Crippen molar-refractivity contribution in [2.24, 2.45) is 17.8 Å². The molecule has 2 aromatic rings. The van der Waals surface area contributed by atoms with Crippen molar-refractivity contribution in [3.63, 3.8) is 0 Å². The molecule has 0 amide bonds. The lowest BCUT2D eigenvalue weighted by Gasteiger charge is -2.42. The fraction of sp³-hybridized carbons (Fsp3) is 0.613. The summed E-state index contributed by atoms with van der Waals surface area (Å²) in [6.45, 7) is 4.25. The molecule has 0 nitrogen and oxygen atoms in total. The fourth-order valence-corrected chi connectivity index (χ4v) is 6.68. The Kier molecular flexibility index (Phi) is 8.61. The van der Waals surface area contributed by atoms with Gasteiger partial charge in [-0.25, -0.2) is 8.78 Å². The van der Waals surface area contributed by atoms with E-state index in [0.29, 0.717) is 17.9 Å². The lowest BCUT2D eigenvalue weighted by atomic mass is 9.63. The Morgan fingerprint density at radius 2 is 1.76 bits per heavy atom. The van der Waals surface area contributed by atoms with E-state index in [2.05, 4.69) is 13.0 Å². The average molecular weight is 453 g/mol. The summed E-state index contributed by atoms with van der Waals surface area (Å²) in [5.41, 5.74) is 1.69. The van der Waals surface area contributed by atoms with E-state index in [-0.39, 0.29) is 17.0 Å². The SMILES string of the molecule is CC=CCCc1ccc2cc(C3CCC4CC(CCCCCC)CCC4C3)cc(F)c2c1F. The van der Waals surface area contributed by atoms with Crippen LogP contribution in [0.4, 0.5) is 8.78 Å². The van der Waals surface area contributed by atoms with Crippen molar-refractivity contribution in [2.45, 2.75) is 103 Å². The van der Waals surface area contributed by atoms with E-state index in [1.54, 1.807) is 6.07 Å². The van der Waals surface area contributed by atoms with Crippen molar-refractivity contribution in [3.8, 4) is 0 Å². The highest BCUT2D eigenvalue weighted by molar-refractivity contribution is 5.85. The predicted molar refractivity (Wildman–Crippen MR) is 137 cm³/mol. The molecule has 2 aliphatic carbocycles. The number of hydrogen-bond acceptors (Lipinski definition) is 0. The van der Waals surface area contributed by atoms with E-state index >= 15 is 8.78 Å². The van der Waals surface area contributed by atoms with E-state index in [1.807, 2.05) is 31.2 Å². The number of allylic oxidation sites excluding steroid dienone is 2. The fourth-order valence-electron chi connectivity index (χ4n) is 6.68. The van der Waals surface area contributed by atoms with Crippen molar-refractivity contribution in [1.82, 2.24) is 0 Å². The van der Waals surface area contributed by atoms with Crippen LogP contribution in [-0.2, 0) is 6.42 Å². The van der Waals surface area contributed by atoms with Crippen LogP contribution >= 0.6 is 0 Å². The highest BCUT2D eigenvalue weighted by atomic mass is 19.1. The maximum Gasteiger partial charge on any atom is 0.137 e. The molecule has 2 fully saturated rings. The molecule has 0 radical (unpaired) electrons. The normalized spacial score (nSPS) is 25.6. The standard InChI is InChI=1S/C31H42F2/c1-3-5-7-9-10-22-12-13-25-19-26(16-15-24(25)18-22)28-20-27-17-14-23(11-8-6-4-2)31(33)30(27)29(32)21-28/h4,6,14,17,20-22,24-26H,3,5,7-13,15-16,18-19H2,1-2H3. The van der Waals surface area contributed by atoms with Crippen LogP contribution in [0.2, 0.25) is 0 Å². The molecule has 180 valence electrons. The molecule has 0 aromatic heterocycles. The van der Waals surface area contributed by atoms with Gasteiger partial charge in [0.25, 0.3) is 0 Å². The van der Waals surface area contributed by atoms with Gasteiger partial charge in [-0.15, -0.1) is 0 Å². The van der Waals surface area contributed by atoms with Crippen molar-refractivity contribution in [1.29, 1.82) is 0 Å². The van der Waals surface area contributed by atoms with Crippen LogP contribution in [-0.4, -0.2) is 0 Å². The third kappa shape index (κ3) is 5.87. The summed E-state index contributed by atoms with van der Waals surface area (Å²) in [5, 5.41) is 0.893. The van der Waals surface area contributed by atoms with E-state index < -0.39 is 0 Å². The molecule has 0 spiro atoms. The molecule has 0 saturated heterocycles. The van der Waals surface area contributed by atoms with E-state index in [1.165, 1.54) is 64.2 Å². The zero-order valence-electron chi connectivity index (χ0n) is 20.7. The molecular weight excluding hydrogens is 410 g/mol. The molecule has 0 bridgehead atoms. The van der Waals surface area contributed by atoms with Gasteiger partial charge in [-0.05, 0) is 98.1 Å². The minimum Gasteiger partial charge on any atom is -0.206 e. The molecule has 0 aliphatic heterocycles. The van der Waals surface area contributed by atoms with Gasteiger partial charge in [0.15, 0.2) is 0 Å². The van der Waals surface area contributed by atoms with Gasteiger partial charge in [-0.2, -0.15) is 0 Å². The molecule has 0 N–H and O–H groups in total. The van der Waals surface area contributed by atoms with Crippen molar-refractivity contribution in [3.05, 3.63) is 59.2 Å². The third-order valence-corrected chi connectivity index (χ3v) is 8.58. The van der Waals surface area contributed by atoms with E-state index in [9.17, 15) is 0 Å². The minimum absolute atomic E-state index is 0.175. The first kappa shape index (κ1) is 24.4. The van der Waals surface area contributed by atoms with Crippen molar-refractivity contribution < 1.29 is 8.78 Å². The Hall–Kier alpha value is -1.70. The zero-order chi connectivity index (χ0) is 23.2. The van der Waals surface area contributed by atoms with Crippen LogP contribution in [0.25, 0.3) is 10.8 Å². The Labute approximate surface area is 199 Å². The first-order valence-corrected chi connectivity index (χ1v) is 13.6. The molecule has 0 heterocycles. The highest BCUT2D eigenvalue weighted by Gasteiger charge is 2.36. The third-order valence-electron chi connectivity index (χ3n) is 8.58. The van der Waals surface area contributed by atoms with Crippen LogP contribution in [0.3, 0.4) is 0 Å². The summed E-state index contributed by atoms with van der Waals surface area (Å²) in [6, 6.07) is 7.49. The molecule has 2 aliphatic rings. The van der Waals surface area contributed by atoms with Gasteiger partial charge in [0.2, 0.25) is 0 Å². The van der Waals surface area contributed by atoms with Crippen molar-refractivity contribution >= 4 is 10.8 Å². The van der Waals surface area contributed by atoms with Gasteiger partial charge < -0.3 is 0 Å². The molecule has 33 heavy (non-hydrogen) atoms. The summed E-state index contributed by atoms with van der Waals surface area (Å²) < 4.78 is 30.2. The van der Waals surface area contributed by atoms with Gasteiger partial charge >= 0.3 is 0 Å². The Balaban J connectivity index is 1.41. The number of unbranched alkanes of at least 4 members (excludes halogenated alkanes) is 3. The Morgan fingerprint density at radius 3 is 2.58 bits per heavy atom. The molecule has 2 heteroatoms. The Morgan fingerprint density at radius 1 is 0.939 bits per heavy atom. The molecule has 2 aromatic carbocycles. The number of aryl methyl sites for hydroxylation is 1. The Bertz CT molecular complexity index is 944. The zero-order valence-corrected chi connectivity index (χ0v) is 20.7. The van der Waals surface area contributed by atoms with Crippen molar-refractivity contribution in [2.75, 3.05) is 0 Å². The lowest BCUT2D eigenvalue weighted by molar-refractivity contribution is 0.113. The van der Waals surface area contributed by atoms with Crippen LogP contribution < -0.4 is 0 Å². The van der Waals surface area contributed by atoms with Crippen LogP contribution in [0, 0.1) is 29.4 Å². The van der Waals surface area contributed by atoms with Crippen LogP contribution in [0.1, 0.15) is 108 Å². The summed E-state index contributed by atoms with van der Waals surface area (Å²) in [5.74, 6) is 2.26. The molecule has 4 atom stereocenters. The largest absolute Gasteiger partial charge is 0.206 e. The number of benzene rings is 2. The summed E-state index contributed by atoms with van der Waals surface area (Å²) >= 11 is 0. The number of rotatable bonds is 9. The second-order valence-corrected chi connectivity index (χ2v) is 10.8. The second-order valence-electron chi connectivity index (χ2n) is 10.8. The smallest absolute Gasteiger partial charge is 0.137 e. The number of halogens is 2. The summed E-state index contributed by atoms with van der Waals surface area (Å²) in [6.07, 6.45) is 20.1. The van der Waals surface area contributed by atoms with Gasteiger partial charge in [0.05, 0.1) is 5.39 Å². The van der Waals surface area contributed by atoms with Gasteiger partial charge in [0, 0.05) is 0 Å². The van der Waals surface area contributed by atoms with Crippen LogP contribution in [0.5, 0.6) is 0 Å². The first-order chi connectivity index (χ1) is 16.1. The van der Waals surface area contributed by atoms with E-state index in [4.69, 9.17) is 0 Å². The number of hydrogen-bond donors (Lipinski definition) is 0. The number of fused-ring (bicyclic) bond motifs is 2. The second kappa shape index (κ2) is 11.6. The maximum atomic E-state index is 15.1. The lowest BCUT2D eigenvalue weighted by Crippen LogP contribution is -2.30. The molecule has 2 saturated carbocycles.